The largest absolute Gasteiger partial charge is 0.499 e. The van der Waals surface area contributed by atoms with Crippen molar-refractivity contribution in [2.45, 2.75) is 137 Å². The first kappa shape index (κ1) is 38.2. The molecule has 5 nitrogen and oxygen atoms in total. The number of amides is 2. The van der Waals surface area contributed by atoms with Crippen LogP contribution in [-0.4, -0.2) is 51.5 Å². The number of thioether (sulfide) groups is 3. The van der Waals surface area contributed by atoms with E-state index in [4.69, 9.17) is 4.74 Å². The van der Waals surface area contributed by atoms with E-state index < -0.39 is 5.54 Å². The lowest BCUT2D eigenvalue weighted by atomic mass is 9.78. The summed E-state index contributed by atoms with van der Waals surface area (Å²) < 4.78 is 5.51. The summed E-state index contributed by atoms with van der Waals surface area (Å²) in [6, 6.07) is 2.48. The van der Waals surface area contributed by atoms with Crippen molar-refractivity contribution in [3.8, 4) is 0 Å². The third kappa shape index (κ3) is 6.18. The zero-order chi connectivity index (χ0) is 35.8. The Balaban J connectivity index is 1.84. The number of hydrogen-bond acceptors (Lipinski definition) is 6. The fourth-order valence-electron chi connectivity index (χ4n) is 8.67. The normalized spacial score (nSPS) is 22.6. The van der Waals surface area contributed by atoms with Gasteiger partial charge in [0.25, 0.3) is 0 Å². The van der Waals surface area contributed by atoms with Crippen molar-refractivity contribution >= 4 is 63.9 Å². The summed E-state index contributed by atoms with van der Waals surface area (Å²) in [5.41, 5.74) is 12.3. The fraction of sp³-hybridized carbons (Fsp3) is 0.610. The van der Waals surface area contributed by atoms with Crippen molar-refractivity contribution in [2.24, 2.45) is 0 Å². The van der Waals surface area contributed by atoms with Crippen molar-refractivity contribution < 1.29 is 14.3 Å². The number of likely N-dealkylation sites (tertiary alicyclic amines) is 1. The second-order valence-electron chi connectivity index (χ2n) is 14.0. The van der Waals surface area contributed by atoms with Gasteiger partial charge in [0.2, 0.25) is 11.8 Å². The van der Waals surface area contributed by atoms with Gasteiger partial charge in [0.15, 0.2) is 0 Å². The summed E-state index contributed by atoms with van der Waals surface area (Å²) in [6.07, 6.45) is 7.63. The molecular weight excluding hydrogens is 665 g/mol. The number of nitrogens with zero attached hydrogens (tertiary/aromatic N) is 2. The molecule has 4 aliphatic rings. The number of ether oxygens (including phenoxy) is 1. The van der Waals surface area contributed by atoms with Crippen molar-refractivity contribution in [3.63, 3.8) is 0 Å². The molecule has 8 heteroatoms. The molecule has 0 bridgehead atoms. The summed E-state index contributed by atoms with van der Waals surface area (Å²) >= 11 is 6.14. The lowest BCUT2D eigenvalue weighted by Crippen LogP contribution is -2.57. The Labute approximate surface area is 309 Å². The number of anilines is 1. The molecule has 1 atom stereocenters. The highest BCUT2D eigenvalue weighted by Crippen LogP contribution is 2.67. The monoisotopic (exact) mass is 722 g/mol. The zero-order valence-electron chi connectivity index (χ0n) is 31.9. The van der Waals surface area contributed by atoms with Crippen LogP contribution < -0.4 is 4.90 Å². The summed E-state index contributed by atoms with van der Waals surface area (Å²) in [5.74, 6) is 2.93. The number of methoxy groups -OCH3 is 1. The number of benzene rings is 1. The molecule has 0 aromatic heterocycles. The Hall–Kier alpha value is -2.03. The minimum atomic E-state index is -0.584. The van der Waals surface area contributed by atoms with Gasteiger partial charge in [-0.05, 0) is 123 Å². The molecule has 1 unspecified atom stereocenters. The van der Waals surface area contributed by atoms with E-state index in [2.05, 4.69) is 96.8 Å². The van der Waals surface area contributed by atoms with Crippen LogP contribution >= 0.6 is 35.3 Å². The number of rotatable bonds is 13. The molecule has 3 aliphatic heterocycles. The highest BCUT2D eigenvalue weighted by molar-refractivity contribution is 8.19. The van der Waals surface area contributed by atoms with Gasteiger partial charge in [-0.3, -0.25) is 14.5 Å². The number of carbonyl (C=O) groups is 2. The van der Waals surface area contributed by atoms with Gasteiger partial charge in [-0.2, -0.15) is 0 Å². The molecule has 1 fully saturated rings. The number of carbonyl (C=O) groups excluding carboxylic acids is 2. The van der Waals surface area contributed by atoms with Crippen molar-refractivity contribution in [1.29, 1.82) is 0 Å². The number of hydrogen-bond donors (Lipinski definition) is 0. The molecule has 49 heavy (non-hydrogen) atoms. The Morgan fingerprint density at radius 2 is 1.67 bits per heavy atom. The van der Waals surface area contributed by atoms with Crippen LogP contribution in [0, 0.1) is 6.92 Å². The van der Waals surface area contributed by atoms with E-state index in [9.17, 15) is 4.79 Å². The Morgan fingerprint density at radius 1 is 1.00 bits per heavy atom. The maximum absolute atomic E-state index is 15.2. The molecule has 2 amide bonds. The first-order chi connectivity index (χ1) is 23.4. The number of fused-ring (bicyclic) bond motifs is 3. The Bertz CT molecular complexity index is 1640. The molecule has 1 aliphatic carbocycles. The second-order valence-corrected chi connectivity index (χ2v) is 18.1. The second kappa shape index (κ2) is 15.3. The van der Waals surface area contributed by atoms with Gasteiger partial charge in [-0.15, -0.1) is 23.5 Å². The van der Waals surface area contributed by atoms with Crippen LogP contribution in [0.2, 0.25) is 0 Å². The van der Waals surface area contributed by atoms with Gasteiger partial charge in [-0.25, -0.2) is 0 Å². The molecule has 5 rings (SSSR count). The van der Waals surface area contributed by atoms with Gasteiger partial charge in [0.1, 0.15) is 16.4 Å². The SMILES string of the molecule is CCCSC1(SCCC)C(CC)=C(C)SC2=C1c1cc3c(c(C)c1N(C(=O)CN1C(=O)CC/C1=C(/CC)OC)C2(C)CC)C(CC)=C(C)C3. The van der Waals surface area contributed by atoms with Crippen LogP contribution in [0.5, 0.6) is 0 Å². The highest BCUT2D eigenvalue weighted by atomic mass is 32.2. The third-order valence-electron chi connectivity index (χ3n) is 11.1. The Kier molecular flexibility index (Phi) is 11.9. The van der Waals surface area contributed by atoms with Crippen LogP contribution in [0.25, 0.3) is 11.1 Å². The van der Waals surface area contributed by atoms with Crippen LogP contribution in [-0.2, 0) is 20.7 Å². The summed E-state index contributed by atoms with van der Waals surface area (Å²) in [5, 5.41) is 0. The first-order valence-electron chi connectivity index (χ1n) is 18.6. The summed E-state index contributed by atoms with van der Waals surface area (Å²) in [7, 11) is 1.67. The van der Waals surface area contributed by atoms with Gasteiger partial charge in [0, 0.05) is 28.9 Å². The fourth-order valence-corrected chi connectivity index (χ4v) is 13.9. The smallest absolute Gasteiger partial charge is 0.247 e. The molecule has 0 spiro atoms. The predicted molar refractivity (Wildman–Crippen MR) is 215 cm³/mol. The minimum Gasteiger partial charge on any atom is -0.499 e. The molecule has 0 N–H and O–H groups in total. The van der Waals surface area contributed by atoms with E-state index in [1.807, 2.05) is 18.7 Å². The zero-order valence-corrected chi connectivity index (χ0v) is 34.4. The van der Waals surface area contributed by atoms with Crippen molar-refractivity contribution in [3.05, 3.63) is 60.7 Å². The van der Waals surface area contributed by atoms with Crippen LogP contribution in [0.1, 0.15) is 136 Å². The lowest BCUT2D eigenvalue weighted by Gasteiger charge is -2.54. The van der Waals surface area contributed by atoms with E-state index >= 15 is 4.79 Å². The first-order valence-corrected chi connectivity index (χ1v) is 21.4. The standard InChI is InChI=1S/C41H58N2O3S3/c1-12-20-47-41(48-21-13-2)31(15-4)27(9)49-39-37(41)30-23-28-22-25(7)29(14-3)36(28)26(8)38(30)43(40(39,10)17-6)35(45)24-42-32(18-19-34(42)44)33(16-5)46-11/h23H,12-22,24H2,1-11H3/b33-32+. The molecule has 1 saturated heterocycles. The average molecular weight is 723 g/mol. The molecule has 1 aromatic carbocycles. The average Bonchev–Trinajstić information content (AvgIpc) is 3.61. The topological polar surface area (TPSA) is 49.9 Å². The van der Waals surface area contributed by atoms with Gasteiger partial charge in [0.05, 0.1) is 24.0 Å². The molecular formula is C41H58N2O3S3. The molecule has 3 heterocycles. The third-order valence-corrected chi connectivity index (χ3v) is 16.1. The van der Waals surface area contributed by atoms with Gasteiger partial charge in [-0.1, -0.05) is 58.9 Å². The van der Waals surface area contributed by atoms with E-state index in [1.54, 1.807) is 12.0 Å². The summed E-state index contributed by atoms with van der Waals surface area (Å²) in [4.78, 5) is 35.2. The van der Waals surface area contributed by atoms with Crippen LogP contribution in [0.4, 0.5) is 5.69 Å². The van der Waals surface area contributed by atoms with Crippen molar-refractivity contribution in [2.75, 3.05) is 30.1 Å². The lowest BCUT2D eigenvalue weighted by molar-refractivity contribution is -0.131. The molecule has 1 aromatic rings. The highest BCUT2D eigenvalue weighted by Gasteiger charge is 2.55. The van der Waals surface area contributed by atoms with E-state index in [0.717, 1.165) is 67.2 Å². The van der Waals surface area contributed by atoms with Gasteiger partial charge < -0.3 is 9.64 Å². The number of allylic oxidation sites excluding steroid dienone is 5. The van der Waals surface area contributed by atoms with Crippen LogP contribution in [0.3, 0.4) is 0 Å². The summed E-state index contributed by atoms with van der Waals surface area (Å²) in [6.45, 7) is 22.6. The molecule has 268 valence electrons. The Morgan fingerprint density at radius 3 is 2.22 bits per heavy atom. The predicted octanol–water partition coefficient (Wildman–Crippen LogP) is 11.3. The van der Waals surface area contributed by atoms with Crippen molar-refractivity contribution in [1.82, 2.24) is 4.90 Å². The van der Waals surface area contributed by atoms with E-state index in [1.165, 1.54) is 54.4 Å². The van der Waals surface area contributed by atoms with Crippen LogP contribution in [0.15, 0.2) is 38.5 Å². The maximum atomic E-state index is 15.2. The van der Waals surface area contributed by atoms with Gasteiger partial charge >= 0.3 is 0 Å². The minimum absolute atomic E-state index is 0.00328. The quantitative estimate of drug-likeness (QED) is 0.149. The molecule has 0 saturated carbocycles. The van der Waals surface area contributed by atoms with E-state index in [0.29, 0.717) is 19.3 Å². The van der Waals surface area contributed by atoms with E-state index in [-0.39, 0.29) is 22.4 Å². The maximum Gasteiger partial charge on any atom is 0.247 e. The molecule has 0 radical (unpaired) electrons.